The van der Waals surface area contributed by atoms with E-state index in [-0.39, 0.29) is 11.6 Å². The van der Waals surface area contributed by atoms with Crippen LogP contribution < -0.4 is 5.32 Å². The zero-order valence-electron chi connectivity index (χ0n) is 31.9. The number of amidine groups is 2. The third-order valence-electron chi connectivity index (χ3n) is 12.1. The van der Waals surface area contributed by atoms with Crippen molar-refractivity contribution in [3.63, 3.8) is 0 Å². The van der Waals surface area contributed by atoms with E-state index >= 15 is 0 Å². The van der Waals surface area contributed by atoms with E-state index < -0.39 is 0 Å². The van der Waals surface area contributed by atoms with Gasteiger partial charge in [-0.1, -0.05) is 196 Å². The molecule has 1 N–H and O–H groups in total. The number of nitrogens with one attached hydrogen (secondary N) is 1. The number of hydrogen-bond donors (Lipinski definition) is 1. The molecule has 1 aliphatic heterocycles. The molecule has 11 rings (SSSR count). The lowest BCUT2D eigenvalue weighted by atomic mass is 9.80. The van der Waals surface area contributed by atoms with Crippen molar-refractivity contribution >= 4 is 44.0 Å². The Morgan fingerprint density at radius 3 is 1.58 bits per heavy atom. The first kappa shape index (κ1) is 33.3. The quantitative estimate of drug-likeness (QED) is 0.176. The zero-order valence-corrected chi connectivity index (χ0v) is 31.9. The van der Waals surface area contributed by atoms with E-state index in [1.807, 2.05) is 24.3 Å². The smallest absolute Gasteiger partial charge is 0.159 e. The van der Waals surface area contributed by atoms with Gasteiger partial charge in [0, 0.05) is 16.5 Å². The molecular formula is C54H39N3. The third-order valence-corrected chi connectivity index (χ3v) is 12.1. The molecule has 1 aliphatic carbocycles. The molecule has 1 unspecified atom stereocenters. The molecule has 0 fully saturated rings. The van der Waals surface area contributed by atoms with E-state index in [4.69, 9.17) is 9.98 Å². The van der Waals surface area contributed by atoms with Gasteiger partial charge in [0.05, 0.1) is 0 Å². The van der Waals surface area contributed by atoms with Crippen molar-refractivity contribution in [3.05, 3.63) is 216 Å². The normalized spacial score (nSPS) is 15.5. The van der Waals surface area contributed by atoms with Crippen molar-refractivity contribution in [2.45, 2.75) is 25.4 Å². The van der Waals surface area contributed by atoms with Crippen LogP contribution in [0.15, 0.2) is 198 Å². The van der Waals surface area contributed by atoms with Crippen LogP contribution in [0.1, 0.15) is 47.8 Å². The zero-order chi connectivity index (χ0) is 38.1. The summed E-state index contributed by atoms with van der Waals surface area (Å²) >= 11 is 0. The average molecular weight is 730 g/mol. The third kappa shape index (κ3) is 5.27. The van der Waals surface area contributed by atoms with Gasteiger partial charge in [0.1, 0.15) is 12.0 Å². The maximum Gasteiger partial charge on any atom is 0.159 e. The van der Waals surface area contributed by atoms with Gasteiger partial charge in [-0.3, -0.25) is 0 Å². The Bertz CT molecular complexity index is 3050. The summed E-state index contributed by atoms with van der Waals surface area (Å²) in [6.45, 7) is 4.73. The first-order valence-corrected chi connectivity index (χ1v) is 19.8. The number of rotatable bonds is 5. The van der Waals surface area contributed by atoms with Crippen molar-refractivity contribution in [1.82, 2.24) is 5.32 Å². The highest BCUT2D eigenvalue weighted by molar-refractivity contribution is 6.28. The molecule has 9 aromatic carbocycles. The van der Waals surface area contributed by atoms with Crippen LogP contribution >= 0.6 is 0 Å². The van der Waals surface area contributed by atoms with Crippen molar-refractivity contribution in [2.24, 2.45) is 9.98 Å². The Morgan fingerprint density at radius 1 is 0.421 bits per heavy atom. The highest BCUT2D eigenvalue weighted by atomic mass is 15.2. The molecule has 0 bridgehead atoms. The molecule has 0 saturated heterocycles. The number of fused-ring (bicyclic) bond motifs is 7. The van der Waals surface area contributed by atoms with Gasteiger partial charge < -0.3 is 5.32 Å². The largest absolute Gasteiger partial charge is 0.344 e. The van der Waals surface area contributed by atoms with Gasteiger partial charge in [0.25, 0.3) is 0 Å². The molecule has 1 heterocycles. The standard InChI is InChI=1S/C54H39N3/c1-54(2)46-28-16-15-27-44(46)49-39-22-10-9-21-38(39)45(33-47(49)54)34-29-31-35(32-30-34)48-40-23-11-13-25-42(40)50(43-26-14-12-24-41(43)48)53-56-51(36-17-5-3-6-18-36)55-52(57-53)37-19-7-4-8-20-37/h3-33,51H,1-2H3,(H,55,56,57). The van der Waals surface area contributed by atoms with Crippen molar-refractivity contribution < 1.29 is 0 Å². The van der Waals surface area contributed by atoms with Crippen LogP contribution in [0.5, 0.6) is 0 Å². The molecule has 9 aromatic rings. The van der Waals surface area contributed by atoms with E-state index in [0.717, 1.165) is 39.1 Å². The SMILES string of the molecule is CC1(C)c2ccccc2-c2c1cc(-c1ccc(-c3c4ccccc4c(C4=NC(c5ccccc5)=NC(c5ccccc5)N4)c4ccccc34)cc1)c1ccccc21. The first-order valence-electron chi connectivity index (χ1n) is 19.8. The Hall–Kier alpha value is -7.10. The van der Waals surface area contributed by atoms with Gasteiger partial charge in [0.2, 0.25) is 0 Å². The topological polar surface area (TPSA) is 36.8 Å². The van der Waals surface area contributed by atoms with E-state index in [2.05, 4.69) is 183 Å². The summed E-state index contributed by atoms with van der Waals surface area (Å²) in [7, 11) is 0. The molecule has 3 nitrogen and oxygen atoms in total. The Labute approximate surface area is 332 Å². The van der Waals surface area contributed by atoms with Gasteiger partial charge in [-0.05, 0) is 88.5 Å². The summed E-state index contributed by atoms with van der Waals surface area (Å²) in [6, 6.07) is 67.8. The van der Waals surface area contributed by atoms with Crippen LogP contribution in [0.25, 0.3) is 65.7 Å². The van der Waals surface area contributed by atoms with E-state index in [1.165, 1.54) is 66.1 Å². The van der Waals surface area contributed by atoms with Gasteiger partial charge in [-0.15, -0.1) is 0 Å². The Balaban J connectivity index is 1.07. The average Bonchev–Trinajstić information content (AvgIpc) is 3.51. The number of nitrogens with zero attached hydrogens (tertiary/aromatic N) is 2. The molecule has 0 spiro atoms. The minimum atomic E-state index is -0.284. The van der Waals surface area contributed by atoms with E-state index in [9.17, 15) is 0 Å². The van der Waals surface area contributed by atoms with Crippen LogP contribution in [-0.4, -0.2) is 11.7 Å². The van der Waals surface area contributed by atoms with E-state index in [1.54, 1.807) is 0 Å². The van der Waals surface area contributed by atoms with Crippen LogP contribution in [-0.2, 0) is 5.41 Å². The summed E-state index contributed by atoms with van der Waals surface area (Å²) in [5.74, 6) is 1.54. The van der Waals surface area contributed by atoms with E-state index in [0.29, 0.717) is 0 Å². The predicted octanol–water partition coefficient (Wildman–Crippen LogP) is 13.3. The fourth-order valence-corrected chi connectivity index (χ4v) is 9.40. The van der Waals surface area contributed by atoms with Crippen molar-refractivity contribution in [1.29, 1.82) is 0 Å². The molecule has 1 atom stereocenters. The minimum absolute atomic E-state index is 0.0868. The summed E-state index contributed by atoms with van der Waals surface area (Å²) < 4.78 is 0. The lowest BCUT2D eigenvalue weighted by Crippen LogP contribution is -2.34. The second kappa shape index (κ2) is 13.0. The summed E-state index contributed by atoms with van der Waals surface area (Å²) in [5.41, 5.74) is 13.5. The van der Waals surface area contributed by atoms with Crippen LogP contribution in [0, 0.1) is 0 Å². The van der Waals surface area contributed by atoms with Gasteiger partial charge in [-0.2, -0.15) is 0 Å². The van der Waals surface area contributed by atoms with Crippen LogP contribution in [0.2, 0.25) is 0 Å². The second-order valence-corrected chi connectivity index (χ2v) is 15.7. The molecular weight excluding hydrogens is 691 g/mol. The fourth-order valence-electron chi connectivity index (χ4n) is 9.40. The Morgan fingerprint density at radius 2 is 0.930 bits per heavy atom. The monoisotopic (exact) mass is 729 g/mol. The highest BCUT2D eigenvalue weighted by Crippen LogP contribution is 2.53. The molecule has 0 saturated carbocycles. The molecule has 0 amide bonds. The highest BCUT2D eigenvalue weighted by Gasteiger charge is 2.37. The number of aliphatic imine (C=N–C) groups is 2. The molecule has 2 aliphatic rings. The molecule has 0 aromatic heterocycles. The number of hydrogen-bond acceptors (Lipinski definition) is 3. The maximum absolute atomic E-state index is 5.27. The molecule has 57 heavy (non-hydrogen) atoms. The van der Waals surface area contributed by atoms with Crippen LogP contribution in [0.4, 0.5) is 0 Å². The molecule has 3 heteroatoms. The van der Waals surface area contributed by atoms with Gasteiger partial charge >= 0.3 is 0 Å². The molecule has 270 valence electrons. The minimum Gasteiger partial charge on any atom is -0.344 e. The summed E-state index contributed by atoms with van der Waals surface area (Å²) in [6.07, 6.45) is -0.284. The number of benzene rings is 9. The Kier molecular flexibility index (Phi) is 7.58. The lowest BCUT2D eigenvalue weighted by Gasteiger charge is -2.26. The fraction of sp³-hybridized carbons (Fsp3) is 0.0741. The lowest BCUT2D eigenvalue weighted by molar-refractivity contribution is 0.661. The summed E-state index contributed by atoms with van der Waals surface area (Å²) in [4.78, 5) is 10.4. The van der Waals surface area contributed by atoms with Crippen LogP contribution in [0.3, 0.4) is 0 Å². The molecule has 0 radical (unpaired) electrons. The second-order valence-electron chi connectivity index (χ2n) is 15.7. The van der Waals surface area contributed by atoms with Gasteiger partial charge in [0.15, 0.2) is 5.84 Å². The summed E-state index contributed by atoms with van der Waals surface area (Å²) in [5, 5.41) is 11.0. The maximum atomic E-state index is 5.27. The first-order chi connectivity index (χ1) is 28.0. The van der Waals surface area contributed by atoms with Crippen molar-refractivity contribution in [3.8, 4) is 33.4 Å². The van der Waals surface area contributed by atoms with Crippen molar-refractivity contribution in [2.75, 3.05) is 0 Å². The predicted molar refractivity (Wildman–Crippen MR) is 239 cm³/mol. The van der Waals surface area contributed by atoms with Gasteiger partial charge in [-0.25, -0.2) is 9.98 Å².